The molecule has 0 unspecified atom stereocenters. The van der Waals surface area contributed by atoms with E-state index in [4.69, 9.17) is 4.42 Å². The molecule has 1 aromatic heterocycles. The van der Waals surface area contributed by atoms with Crippen molar-refractivity contribution in [2.75, 3.05) is 12.4 Å². The lowest BCUT2D eigenvalue weighted by atomic mass is 10.1. The number of para-hydroxylation sites is 1. The average Bonchev–Trinajstić information content (AvgIpc) is 3.17. The zero-order chi connectivity index (χ0) is 17.8. The first kappa shape index (κ1) is 16.3. The van der Waals surface area contributed by atoms with Crippen LogP contribution < -0.4 is 5.32 Å². The summed E-state index contributed by atoms with van der Waals surface area (Å²) in [7, 11) is 1.21. The van der Waals surface area contributed by atoms with Gasteiger partial charge in [0.15, 0.2) is 17.9 Å². The number of carbonyl (C=O) groups excluding carboxylic acids is 2. The van der Waals surface area contributed by atoms with Crippen LogP contribution >= 0.6 is 0 Å². The molecule has 2 aromatic carbocycles. The van der Waals surface area contributed by atoms with E-state index in [1.54, 1.807) is 30.5 Å². The van der Waals surface area contributed by atoms with Crippen LogP contribution in [0.15, 0.2) is 59.5 Å². The van der Waals surface area contributed by atoms with Crippen molar-refractivity contribution < 1.29 is 23.8 Å². The first-order valence-electron chi connectivity index (χ1n) is 7.30. The Kier molecular flexibility index (Phi) is 4.47. The van der Waals surface area contributed by atoms with Gasteiger partial charge in [0.1, 0.15) is 5.56 Å². The Morgan fingerprint density at radius 1 is 1.16 bits per heavy atom. The number of phenolic OH excluding ortho intramolecular Hbond substituents is 1. The van der Waals surface area contributed by atoms with E-state index in [0.29, 0.717) is 11.3 Å². The minimum atomic E-state index is -0.690. The molecular formula is C18H14N2O5. The first-order chi connectivity index (χ1) is 12.1. The third kappa shape index (κ3) is 3.35. The van der Waals surface area contributed by atoms with Crippen LogP contribution in [-0.4, -0.2) is 29.1 Å². The molecule has 7 heteroatoms. The Bertz CT molecular complexity index is 902. The number of phenols is 1. The van der Waals surface area contributed by atoms with E-state index in [9.17, 15) is 14.7 Å². The number of nitrogens with zero attached hydrogens (tertiary/aromatic N) is 1. The first-order valence-corrected chi connectivity index (χ1v) is 7.30. The van der Waals surface area contributed by atoms with Gasteiger partial charge < -0.3 is 19.6 Å². The lowest BCUT2D eigenvalue weighted by molar-refractivity contribution is 0.0597. The molecule has 3 rings (SSSR count). The number of ether oxygens (including phenoxy) is 1. The SMILES string of the molecule is COC(=O)c1cccc(NC(=O)c2ccc(-c3cnco3)cc2)c1O. The fourth-order valence-electron chi connectivity index (χ4n) is 2.26. The summed E-state index contributed by atoms with van der Waals surface area (Å²) in [6.45, 7) is 0. The highest BCUT2D eigenvalue weighted by atomic mass is 16.5. The minimum absolute atomic E-state index is 0.0269. The van der Waals surface area contributed by atoms with Gasteiger partial charge in [-0.15, -0.1) is 0 Å². The number of esters is 1. The van der Waals surface area contributed by atoms with Crippen molar-refractivity contribution in [1.29, 1.82) is 0 Å². The van der Waals surface area contributed by atoms with E-state index in [-0.39, 0.29) is 17.0 Å². The van der Waals surface area contributed by atoms with Crippen LogP contribution in [0.3, 0.4) is 0 Å². The van der Waals surface area contributed by atoms with Crippen LogP contribution in [0, 0.1) is 0 Å². The Morgan fingerprint density at radius 2 is 1.92 bits per heavy atom. The molecule has 7 nitrogen and oxygen atoms in total. The molecular weight excluding hydrogens is 324 g/mol. The van der Waals surface area contributed by atoms with E-state index < -0.39 is 11.9 Å². The molecule has 0 saturated carbocycles. The van der Waals surface area contributed by atoms with E-state index in [2.05, 4.69) is 15.0 Å². The zero-order valence-electron chi connectivity index (χ0n) is 13.2. The van der Waals surface area contributed by atoms with Crippen molar-refractivity contribution in [1.82, 2.24) is 4.98 Å². The number of rotatable bonds is 4. The molecule has 0 radical (unpaired) electrons. The molecule has 0 atom stereocenters. The summed E-state index contributed by atoms with van der Waals surface area (Å²) in [6.07, 6.45) is 2.90. The number of hydrogen-bond donors (Lipinski definition) is 2. The monoisotopic (exact) mass is 338 g/mol. The number of aromatic hydroxyl groups is 1. The van der Waals surface area contributed by atoms with Crippen LogP contribution in [0.2, 0.25) is 0 Å². The second-order valence-electron chi connectivity index (χ2n) is 5.09. The fourth-order valence-corrected chi connectivity index (χ4v) is 2.26. The van der Waals surface area contributed by atoms with Crippen LogP contribution in [0.5, 0.6) is 5.75 Å². The number of methoxy groups -OCH3 is 1. The topological polar surface area (TPSA) is 102 Å². The number of anilines is 1. The number of amides is 1. The Hall–Kier alpha value is -3.61. The summed E-state index contributed by atoms with van der Waals surface area (Å²) in [5, 5.41) is 12.7. The van der Waals surface area contributed by atoms with E-state index >= 15 is 0 Å². The number of oxazole rings is 1. The van der Waals surface area contributed by atoms with Gasteiger partial charge in [0.05, 0.1) is 19.0 Å². The van der Waals surface area contributed by atoms with Gasteiger partial charge >= 0.3 is 5.97 Å². The van der Waals surface area contributed by atoms with Crippen molar-refractivity contribution in [3.05, 3.63) is 66.2 Å². The molecule has 1 heterocycles. The fraction of sp³-hybridized carbons (Fsp3) is 0.0556. The largest absolute Gasteiger partial charge is 0.505 e. The van der Waals surface area contributed by atoms with E-state index in [1.165, 1.54) is 31.7 Å². The van der Waals surface area contributed by atoms with Crippen molar-refractivity contribution in [3.63, 3.8) is 0 Å². The number of nitrogens with one attached hydrogen (secondary N) is 1. The Morgan fingerprint density at radius 3 is 2.56 bits per heavy atom. The van der Waals surface area contributed by atoms with Crippen molar-refractivity contribution in [3.8, 4) is 17.1 Å². The quantitative estimate of drug-likeness (QED) is 0.560. The maximum Gasteiger partial charge on any atom is 0.341 e. The molecule has 0 aliphatic heterocycles. The summed E-state index contributed by atoms with van der Waals surface area (Å²) < 4.78 is 9.77. The smallest absolute Gasteiger partial charge is 0.341 e. The maximum atomic E-state index is 12.3. The second-order valence-corrected chi connectivity index (χ2v) is 5.09. The predicted molar refractivity (Wildman–Crippen MR) is 89.3 cm³/mol. The number of aromatic nitrogens is 1. The van der Waals surface area contributed by atoms with Crippen LogP contribution in [0.4, 0.5) is 5.69 Å². The number of benzene rings is 2. The van der Waals surface area contributed by atoms with Crippen molar-refractivity contribution >= 4 is 17.6 Å². The summed E-state index contributed by atoms with van der Waals surface area (Å²) in [5.74, 6) is -0.872. The second kappa shape index (κ2) is 6.88. The van der Waals surface area contributed by atoms with Gasteiger partial charge in [-0.3, -0.25) is 4.79 Å². The molecule has 1 amide bonds. The third-order valence-electron chi connectivity index (χ3n) is 3.55. The molecule has 0 fully saturated rings. The highest BCUT2D eigenvalue weighted by Gasteiger charge is 2.16. The number of hydrogen-bond acceptors (Lipinski definition) is 6. The molecule has 0 aliphatic carbocycles. The lowest BCUT2D eigenvalue weighted by Gasteiger charge is -2.10. The summed E-state index contributed by atoms with van der Waals surface area (Å²) in [6, 6.07) is 11.1. The highest BCUT2D eigenvalue weighted by Crippen LogP contribution is 2.28. The molecule has 126 valence electrons. The molecule has 0 aliphatic rings. The van der Waals surface area contributed by atoms with Gasteiger partial charge in [-0.05, 0) is 24.3 Å². The predicted octanol–water partition coefficient (Wildman–Crippen LogP) is 3.09. The molecule has 0 spiro atoms. The molecule has 2 N–H and O–H groups in total. The van der Waals surface area contributed by atoms with Crippen LogP contribution in [-0.2, 0) is 4.74 Å². The van der Waals surface area contributed by atoms with Gasteiger partial charge in [0, 0.05) is 11.1 Å². The summed E-state index contributed by atoms with van der Waals surface area (Å²) in [4.78, 5) is 27.8. The summed E-state index contributed by atoms with van der Waals surface area (Å²) >= 11 is 0. The molecule has 0 bridgehead atoms. The van der Waals surface area contributed by atoms with Crippen LogP contribution in [0.1, 0.15) is 20.7 Å². The maximum absolute atomic E-state index is 12.3. The van der Waals surface area contributed by atoms with E-state index in [0.717, 1.165) is 5.56 Å². The standard InChI is InChI=1S/C18H14N2O5/c1-24-18(23)13-3-2-4-14(16(13)21)20-17(22)12-7-5-11(6-8-12)15-9-19-10-25-15/h2-10,21H,1H3,(H,20,22). The van der Waals surface area contributed by atoms with Crippen molar-refractivity contribution in [2.45, 2.75) is 0 Å². The molecule has 25 heavy (non-hydrogen) atoms. The number of carbonyl (C=O) groups is 2. The highest BCUT2D eigenvalue weighted by molar-refractivity contribution is 6.06. The van der Waals surface area contributed by atoms with Gasteiger partial charge in [-0.2, -0.15) is 0 Å². The average molecular weight is 338 g/mol. The minimum Gasteiger partial charge on any atom is -0.505 e. The third-order valence-corrected chi connectivity index (χ3v) is 3.55. The Labute approximate surface area is 142 Å². The lowest BCUT2D eigenvalue weighted by Crippen LogP contribution is -2.13. The summed E-state index contributed by atoms with van der Waals surface area (Å²) in [5.41, 5.74) is 1.25. The zero-order valence-corrected chi connectivity index (χ0v) is 13.2. The normalized spacial score (nSPS) is 10.3. The van der Waals surface area contributed by atoms with Crippen molar-refractivity contribution in [2.24, 2.45) is 0 Å². The van der Waals surface area contributed by atoms with Gasteiger partial charge in [0.2, 0.25) is 0 Å². The Balaban J connectivity index is 1.80. The van der Waals surface area contributed by atoms with E-state index in [1.807, 2.05) is 0 Å². The van der Waals surface area contributed by atoms with Gasteiger partial charge in [0.25, 0.3) is 5.91 Å². The van der Waals surface area contributed by atoms with Crippen LogP contribution in [0.25, 0.3) is 11.3 Å². The molecule has 3 aromatic rings. The molecule has 0 saturated heterocycles. The van der Waals surface area contributed by atoms with Gasteiger partial charge in [-0.1, -0.05) is 18.2 Å². The van der Waals surface area contributed by atoms with Gasteiger partial charge in [-0.25, -0.2) is 9.78 Å².